The minimum Gasteiger partial charge on any atom is -0.505 e. The molecule has 0 aliphatic heterocycles. The number of benzene rings is 4. The van der Waals surface area contributed by atoms with E-state index in [1.54, 1.807) is 60.7 Å². The summed E-state index contributed by atoms with van der Waals surface area (Å²) in [5.74, 6) is 1.01. The zero-order chi connectivity index (χ0) is 30.1. The number of aliphatic hydroxyl groups excluding tert-OH is 2. The highest BCUT2D eigenvalue weighted by atomic mass is 16.5. The molecule has 0 aliphatic carbocycles. The van der Waals surface area contributed by atoms with Crippen molar-refractivity contribution in [3.63, 3.8) is 0 Å². The quantitative estimate of drug-likeness (QED) is 0.142. The van der Waals surface area contributed by atoms with Gasteiger partial charge in [-0.05, 0) is 60.3 Å². The fraction of sp³-hybridized carbons (Fsp3) is 0.233. The van der Waals surface area contributed by atoms with Gasteiger partial charge in [-0.3, -0.25) is 4.79 Å². The number of fused-ring (bicyclic) bond motifs is 1. The van der Waals surface area contributed by atoms with Gasteiger partial charge in [0, 0.05) is 30.1 Å². The second-order valence-electron chi connectivity index (χ2n) is 9.03. The number of phenolic OH excluding ortho intramolecular Hbond substituents is 1. The molecule has 0 saturated carbocycles. The molecule has 0 atom stereocenters. The van der Waals surface area contributed by atoms with Gasteiger partial charge in [-0.15, -0.1) is 15.3 Å². The predicted octanol–water partition coefficient (Wildman–Crippen LogP) is 6.39. The molecule has 4 aromatic carbocycles. The lowest BCUT2D eigenvalue weighted by molar-refractivity contribution is -0.114. The highest BCUT2D eigenvalue weighted by Gasteiger charge is 2.12. The van der Waals surface area contributed by atoms with Crippen molar-refractivity contribution in [1.82, 2.24) is 0 Å². The Bertz CT molecular complexity index is 1640. The van der Waals surface area contributed by atoms with E-state index in [0.29, 0.717) is 45.4 Å². The van der Waals surface area contributed by atoms with Gasteiger partial charge in [0.05, 0.1) is 26.0 Å². The van der Waals surface area contributed by atoms with Crippen LogP contribution in [0.5, 0.6) is 23.0 Å². The molecule has 0 unspecified atom stereocenters. The molecule has 4 aromatic rings. The van der Waals surface area contributed by atoms with Gasteiger partial charge in [-0.1, -0.05) is 6.07 Å². The van der Waals surface area contributed by atoms with Gasteiger partial charge in [0.25, 0.3) is 0 Å². The maximum absolute atomic E-state index is 11.3. The van der Waals surface area contributed by atoms with E-state index in [9.17, 15) is 15.0 Å². The number of azo groups is 2. The summed E-state index contributed by atoms with van der Waals surface area (Å²) in [5.41, 5.74) is 2.98. The number of hydrogen-bond acceptors (Lipinski definition) is 11. The van der Waals surface area contributed by atoms with Crippen LogP contribution in [0.3, 0.4) is 0 Å². The fourth-order valence-electron chi connectivity index (χ4n) is 3.99. The number of hydrogen-bond donors (Lipinski definition) is 4. The van der Waals surface area contributed by atoms with E-state index < -0.39 is 0 Å². The molecule has 1 amide bonds. The molecule has 0 aromatic heterocycles. The van der Waals surface area contributed by atoms with Gasteiger partial charge < -0.3 is 34.8 Å². The molecule has 0 spiro atoms. The molecule has 0 bridgehead atoms. The van der Waals surface area contributed by atoms with Gasteiger partial charge in [0.2, 0.25) is 5.91 Å². The van der Waals surface area contributed by atoms with Crippen LogP contribution in [0.2, 0.25) is 0 Å². The lowest BCUT2D eigenvalue weighted by Gasteiger charge is -2.11. The second-order valence-corrected chi connectivity index (χ2v) is 9.03. The first kappa shape index (κ1) is 29.9. The first-order chi connectivity index (χ1) is 20.3. The van der Waals surface area contributed by atoms with Crippen molar-refractivity contribution >= 4 is 45.1 Å². The number of nitrogens with zero attached hydrogens (tertiary/aromatic N) is 4. The number of carbonyl (C=O) groups is 1. The Morgan fingerprint density at radius 3 is 2.21 bits per heavy atom. The van der Waals surface area contributed by atoms with Crippen LogP contribution in [0.1, 0.15) is 12.5 Å². The summed E-state index contributed by atoms with van der Waals surface area (Å²) < 4.78 is 16.5. The van der Waals surface area contributed by atoms with Crippen molar-refractivity contribution in [2.45, 2.75) is 13.8 Å². The number of aliphatic hydroxyl groups is 2. The monoisotopic (exact) mass is 573 g/mol. The topological polar surface area (TPSA) is 167 Å². The Hall–Kier alpha value is -5.07. The highest BCUT2D eigenvalue weighted by Crippen LogP contribution is 2.40. The van der Waals surface area contributed by atoms with Gasteiger partial charge in [-0.25, -0.2) is 0 Å². The van der Waals surface area contributed by atoms with Crippen LogP contribution in [0.25, 0.3) is 10.8 Å². The van der Waals surface area contributed by atoms with Crippen molar-refractivity contribution in [1.29, 1.82) is 0 Å². The number of aryl methyl sites for hydroxylation is 1. The fourth-order valence-corrected chi connectivity index (χ4v) is 3.99. The number of methoxy groups -OCH3 is 1. The summed E-state index contributed by atoms with van der Waals surface area (Å²) in [4.78, 5) is 11.3. The van der Waals surface area contributed by atoms with E-state index in [1.807, 2.05) is 6.92 Å². The highest BCUT2D eigenvalue weighted by molar-refractivity contribution is 5.97. The molecular formula is C30H31N5O7. The number of aromatic hydroxyl groups is 1. The van der Waals surface area contributed by atoms with Crippen LogP contribution in [0, 0.1) is 6.92 Å². The lowest BCUT2D eigenvalue weighted by atomic mass is 10.1. The summed E-state index contributed by atoms with van der Waals surface area (Å²) in [7, 11) is 1.50. The molecule has 4 N–H and O–H groups in total. The van der Waals surface area contributed by atoms with Gasteiger partial charge in [-0.2, -0.15) is 5.11 Å². The van der Waals surface area contributed by atoms with E-state index in [1.165, 1.54) is 14.0 Å². The zero-order valence-electron chi connectivity index (χ0n) is 23.4. The van der Waals surface area contributed by atoms with E-state index in [-0.39, 0.29) is 43.8 Å². The Balaban J connectivity index is 1.59. The summed E-state index contributed by atoms with van der Waals surface area (Å²) in [5, 5.41) is 50.2. The molecule has 0 fully saturated rings. The first-order valence-electron chi connectivity index (χ1n) is 13.0. The van der Waals surface area contributed by atoms with Crippen LogP contribution >= 0.6 is 0 Å². The number of amides is 1. The van der Waals surface area contributed by atoms with Gasteiger partial charge in [0.1, 0.15) is 41.8 Å². The summed E-state index contributed by atoms with van der Waals surface area (Å²) in [6, 6.07) is 16.9. The maximum Gasteiger partial charge on any atom is 0.221 e. The van der Waals surface area contributed by atoms with Crippen LogP contribution in [-0.2, 0) is 4.79 Å². The molecule has 0 saturated heterocycles. The Morgan fingerprint density at radius 1 is 0.786 bits per heavy atom. The van der Waals surface area contributed by atoms with Crippen molar-refractivity contribution < 1.29 is 34.3 Å². The van der Waals surface area contributed by atoms with Gasteiger partial charge in [0.15, 0.2) is 11.5 Å². The minimum atomic E-state index is -0.184. The molecule has 0 aliphatic rings. The zero-order valence-corrected chi connectivity index (χ0v) is 23.4. The average molecular weight is 574 g/mol. The van der Waals surface area contributed by atoms with E-state index >= 15 is 0 Å². The Kier molecular flexibility index (Phi) is 9.98. The number of carbonyl (C=O) groups excluding carboxylic acids is 1. The van der Waals surface area contributed by atoms with Crippen LogP contribution in [-0.4, -0.2) is 54.8 Å². The van der Waals surface area contributed by atoms with Gasteiger partial charge >= 0.3 is 0 Å². The largest absolute Gasteiger partial charge is 0.505 e. The number of ether oxygens (including phenoxy) is 3. The van der Waals surface area contributed by atoms with Crippen LogP contribution in [0.4, 0.5) is 28.4 Å². The van der Waals surface area contributed by atoms with Crippen molar-refractivity contribution in [2.75, 3.05) is 38.9 Å². The molecule has 12 nitrogen and oxygen atoms in total. The number of phenols is 1. The van der Waals surface area contributed by atoms with Crippen molar-refractivity contribution in [2.24, 2.45) is 20.5 Å². The van der Waals surface area contributed by atoms with Crippen molar-refractivity contribution in [3.05, 3.63) is 66.2 Å². The second kappa shape index (κ2) is 14.0. The summed E-state index contributed by atoms with van der Waals surface area (Å²) in [6.45, 7) is 3.14. The van der Waals surface area contributed by atoms with E-state index in [2.05, 4.69) is 25.8 Å². The number of rotatable bonds is 12. The Labute approximate surface area is 241 Å². The van der Waals surface area contributed by atoms with E-state index in [4.69, 9.17) is 19.3 Å². The molecule has 218 valence electrons. The molecule has 0 radical (unpaired) electrons. The maximum atomic E-state index is 11.3. The standard InChI is InChI=1S/C30H31N5O7/c1-18-14-27(35-33-25-8-4-20-15-21(31-19(2)38)5-7-23(20)30(25)39)28(40-3)17-26(18)34-32-24-9-6-22(41-12-10-36)16-29(24)42-13-11-37/h4-9,14-17,36-37,39H,10-13H2,1-3H3,(H,31,38). The van der Waals surface area contributed by atoms with Crippen LogP contribution in [0.15, 0.2) is 81.1 Å². The number of anilines is 1. The third-order valence-electron chi connectivity index (χ3n) is 5.96. The number of nitrogens with one attached hydrogen (secondary N) is 1. The molecule has 4 rings (SSSR count). The molecule has 42 heavy (non-hydrogen) atoms. The Morgan fingerprint density at radius 2 is 1.48 bits per heavy atom. The summed E-state index contributed by atoms with van der Waals surface area (Å²) in [6.07, 6.45) is 0. The van der Waals surface area contributed by atoms with Crippen molar-refractivity contribution in [3.8, 4) is 23.0 Å². The lowest BCUT2D eigenvalue weighted by Crippen LogP contribution is -2.05. The minimum absolute atomic E-state index is 0.0428. The molecule has 12 heteroatoms. The predicted molar refractivity (Wildman–Crippen MR) is 158 cm³/mol. The first-order valence-corrected chi connectivity index (χ1v) is 13.0. The molecular weight excluding hydrogens is 542 g/mol. The van der Waals surface area contributed by atoms with Crippen LogP contribution < -0.4 is 19.5 Å². The van der Waals surface area contributed by atoms with E-state index in [0.717, 1.165) is 10.9 Å². The summed E-state index contributed by atoms with van der Waals surface area (Å²) >= 11 is 0. The SMILES string of the molecule is COc1cc(N=Nc2ccc(OCCO)cc2OCCO)c(C)cc1N=Nc1ccc2cc(NC(C)=O)ccc2c1O. The average Bonchev–Trinajstić information content (AvgIpc) is 2.98. The normalized spacial score (nSPS) is 11.4. The molecule has 0 heterocycles. The third-order valence-corrected chi connectivity index (χ3v) is 5.96. The smallest absolute Gasteiger partial charge is 0.221 e. The third kappa shape index (κ3) is 7.36.